The van der Waals surface area contributed by atoms with E-state index >= 15 is 0 Å². The van der Waals surface area contributed by atoms with E-state index < -0.39 is 35.1 Å². The van der Waals surface area contributed by atoms with Crippen LogP contribution in [-0.4, -0.2) is 26.8 Å². The van der Waals surface area contributed by atoms with E-state index in [0.29, 0.717) is 15.8 Å². The SMILES string of the molecule is O=C1C(=O)N(c2nc3ccc(F)cc3s2)C(c2ccncc2)/C1=C(\O)c1ccc(F)cc1. The monoisotopic (exact) mass is 449 g/mol. The van der Waals surface area contributed by atoms with Crippen LogP contribution in [0.1, 0.15) is 17.2 Å². The minimum atomic E-state index is -0.992. The summed E-state index contributed by atoms with van der Waals surface area (Å²) in [6.45, 7) is 0. The molecule has 6 nitrogen and oxygen atoms in total. The summed E-state index contributed by atoms with van der Waals surface area (Å²) in [6, 6.07) is 11.2. The van der Waals surface area contributed by atoms with Crippen LogP contribution in [0.3, 0.4) is 0 Å². The molecule has 0 bridgehead atoms. The maximum atomic E-state index is 13.7. The van der Waals surface area contributed by atoms with Gasteiger partial charge in [-0.15, -0.1) is 0 Å². The fraction of sp³-hybridized carbons (Fsp3) is 0.0435. The van der Waals surface area contributed by atoms with Gasteiger partial charge in [0.05, 0.1) is 21.8 Å². The topological polar surface area (TPSA) is 83.4 Å². The van der Waals surface area contributed by atoms with Gasteiger partial charge in [-0.05, 0) is 60.2 Å². The number of hydrogen-bond acceptors (Lipinski definition) is 6. The number of carbonyl (C=O) groups is 2. The minimum Gasteiger partial charge on any atom is -0.507 e. The van der Waals surface area contributed by atoms with Gasteiger partial charge < -0.3 is 5.11 Å². The predicted octanol–water partition coefficient (Wildman–Crippen LogP) is 4.60. The largest absolute Gasteiger partial charge is 0.507 e. The number of ketones is 1. The zero-order valence-electron chi connectivity index (χ0n) is 16.2. The summed E-state index contributed by atoms with van der Waals surface area (Å²) < 4.78 is 27.5. The molecule has 2 aromatic carbocycles. The first-order chi connectivity index (χ1) is 15.4. The van der Waals surface area contributed by atoms with Gasteiger partial charge in [0.2, 0.25) is 0 Å². The molecule has 1 fully saturated rings. The first kappa shape index (κ1) is 20.0. The predicted molar refractivity (Wildman–Crippen MR) is 115 cm³/mol. The van der Waals surface area contributed by atoms with Crippen molar-refractivity contribution in [1.82, 2.24) is 9.97 Å². The van der Waals surface area contributed by atoms with Gasteiger partial charge in [0.15, 0.2) is 5.13 Å². The Kier molecular flexibility index (Phi) is 4.75. The van der Waals surface area contributed by atoms with Crippen molar-refractivity contribution in [3.63, 3.8) is 0 Å². The van der Waals surface area contributed by atoms with E-state index in [4.69, 9.17) is 0 Å². The van der Waals surface area contributed by atoms with E-state index in [2.05, 4.69) is 9.97 Å². The van der Waals surface area contributed by atoms with Gasteiger partial charge in [0, 0.05) is 18.0 Å². The fourth-order valence-corrected chi connectivity index (χ4v) is 4.66. The molecule has 158 valence electrons. The second-order valence-electron chi connectivity index (χ2n) is 7.07. The Balaban J connectivity index is 1.72. The summed E-state index contributed by atoms with van der Waals surface area (Å²) in [7, 11) is 0. The summed E-state index contributed by atoms with van der Waals surface area (Å²) in [4.78, 5) is 35.7. The highest BCUT2D eigenvalue weighted by Gasteiger charge is 2.48. The number of carbonyl (C=O) groups excluding carboxylic acids is 2. The Morgan fingerprint density at radius 3 is 2.38 bits per heavy atom. The number of pyridine rings is 1. The van der Waals surface area contributed by atoms with Crippen LogP contribution >= 0.6 is 11.3 Å². The molecular weight excluding hydrogens is 436 g/mol. The van der Waals surface area contributed by atoms with Gasteiger partial charge in [0.25, 0.3) is 5.78 Å². The first-order valence-corrected chi connectivity index (χ1v) is 10.3. The summed E-state index contributed by atoms with van der Waals surface area (Å²) >= 11 is 1.06. The van der Waals surface area contributed by atoms with Crippen molar-refractivity contribution >= 4 is 44.1 Å². The number of rotatable bonds is 3. The molecule has 1 unspecified atom stereocenters. The number of amides is 1. The number of aliphatic hydroxyl groups excluding tert-OH is 1. The number of thiazole rings is 1. The third kappa shape index (κ3) is 3.23. The van der Waals surface area contributed by atoms with Crippen LogP contribution in [-0.2, 0) is 9.59 Å². The van der Waals surface area contributed by atoms with Crippen LogP contribution in [0.25, 0.3) is 16.0 Å². The van der Waals surface area contributed by atoms with Gasteiger partial charge >= 0.3 is 5.91 Å². The highest BCUT2D eigenvalue weighted by molar-refractivity contribution is 7.22. The van der Waals surface area contributed by atoms with E-state index in [1.165, 1.54) is 47.6 Å². The van der Waals surface area contributed by atoms with Gasteiger partial charge in [-0.1, -0.05) is 11.3 Å². The lowest BCUT2D eigenvalue weighted by molar-refractivity contribution is -0.132. The van der Waals surface area contributed by atoms with Crippen LogP contribution in [0.4, 0.5) is 13.9 Å². The lowest BCUT2D eigenvalue weighted by Gasteiger charge is -2.22. The number of Topliss-reactive ketones (excluding diaryl/α,β-unsaturated/α-hetero) is 1. The highest BCUT2D eigenvalue weighted by Crippen LogP contribution is 2.44. The Bertz CT molecular complexity index is 1400. The minimum absolute atomic E-state index is 0.154. The van der Waals surface area contributed by atoms with Crippen LogP contribution in [0, 0.1) is 11.6 Å². The van der Waals surface area contributed by atoms with E-state index in [9.17, 15) is 23.5 Å². The van der Waals surface area contributed by atoms with Gasteiger partial charge in [-0.3, -0.25) is 19.5 Å². The third-order valence-electron chi connectivity index (χ3n) is 5.13. The van der Waals surface area contributed by atoms with Crippen LogP contribution < -0.4 is 4.90 Å². The van der Waals surface area contributed by atoms with Crippen molar-refractivity contribution in [3.05, 3.63) is 95.3 Å². The molecule has 1 aliphatic rings. The van der Waals surface area contributed by atoms with Gasteiger partial charge in [-0.2, -0.15) is 0 Å². The van der Waals surface area contributed by atoms with Crippen molar-refractivity contribution in [1.29, 1.82) is 0 Å². The summed E-state index contributed by atoms with van der Waals surface area (Å²) in [5.41, 5.74) is 1.03. The van der Waals surface area contributed by atoms with E-state index in [1.807, 2.05) is 0 Å². The third-order valence-corrected chi connectivity index (χ3v) is 6.15. The first-order valence-electron chi connectivity index (χ1n) is 9.47. The maximum absolute atomic E-state index is 13.7. The standard InChI is InChI=1S/C23H13F2N3O3S/c24-14-3-1-13(2-4-14)20(29)18-19(12-7-9-26-10-8-12)28(22(31)21(18)30)23-27-16-6-5-15(25)11-17(16)32-23/h1-11,19,29H/b20-18+. The van der Waals surface area contributed by atoms with Crippen molar-refractivity contribution in [2.75, 3.05) is 4.90 Å². The molecule has 1 N–H and O–H groups in total. The molecule has 1 amide bonds. The average molecular weight is 449 g/mol. The number of hydrogen-bond donors (Lipinski definition) is 1. The zero-order valence-corrected chi connectivity index (χ0v) is 17.0. The Labute approximate surface area is 184 Å². The fourth-order valence-electron chi connectivity index (χ4n) is 3.64. The second kappa shape index (κ2) is 7.61. The molecular formula is C23H13F2N3O3S. The molecule has 1 atom stereocenters. The van der Waals surface area contributed by atoms with Crippen molar-refractivity contribution in [2.24, 2.45) is 0 Å². The molecule has 0 aliphatic carbocycles. The maximum Gasteiger partial charge on any atom is 0.301 e. The summed E-state index contributed by atoms with van der Waals surface area (Å²) in [5, 5.41) is 11.1. The number of anilines is 1. The quantitative estimate of drug-likeness (QED) is 0.281. The van der Waals surface area contributed by atoms with Crippen LogP contribution in [0.2, 0.25) is 0 Å². The molecule has 5 rings (SSSR count). The van der Waals surface area contributed by atoms with Crippen LogP contribution in [0.5, 0.6) is 0 Å². The van der Waals surface area contributed by atoms with E-state index in [0.717, 1.165) is 23.5 Å². The molecule has 0 spiro atoms. The second-order valence-corrected chi connectivity index (χ2v) is 8.07. The molecule has 1 saturated heterocycles. The van der Waals surface area contributed by atoms with Gasteiger partial charge in [-0.25, -0.2) is 13.8 Å². The number of benzene rings is 2. The Hall–Kier alpha value is -3.98. The number of fused-ring (bicyclic) bond motifs is 1. The normalized spacial score (nSPS) is 17.9. The molecule has 4 aromatic rings. The summed E-state index contributed by atoms with van der Waals surface area (Å²) in [6.07, 6.45) is 3.00. The van der Waals surface area contributed by atoms with Crippen LogP contribution in [0.15, 0.2) is 72.6 Å². The molecule has 32 heavy (non-hydrogen) atoms. The molecule has 0 radical (unpaired) electrons. The molecule has 0 saturated carbocycles. The molecule has 3 heterocycles. The number of nitrogens with zero attached hydrogens (tertiary/aromatic N) is 3. The number of halogens is 2. The number of aromatic nitrogens is 2. The van der Waals surface area contributed by atoms with E-state index in [-0.39, 0.29) is 16.3 Å². The van der Waals surface area contributed by atoms with Crippen molar-refractivity contribution in [2.45, 2.75) is 6.04 Å². The molecule has 9 heteroatoms. The Morgan fingerprint density at radius 1 is 0.969 bits per heavy atom. The van der Waals surface area contributed by atoms with Gasteiger partial charge in [0.1, 0.15) is 17.4 Å². The molecule has 1 aliphatic heterocycles. The summed E-state index contributed by atoms with van der Waals surface area (Å²) in [5.74, 6) is -3.17. The van der Waals surface area contributed by atoms with Crippen molar-refractivity contribution < 1.29 is 23.5 Å². The van der Waals surface area contributed by atoms with Crippen molar-refractivity contribution in [3.8, 4) is 0 Å². The smallest absolute Gasteiger partial charge is 0.301 e. The average Bonchev–Trinajstić information content (AvgIpc) is 3.32. The highest BCUT2D eigenvalue weighted by atomic mass is 32.1. The lowest BCUT2D eigenvalue weighted by atomic mass is 9.96. The Morgan fingerprint density at radius 2 is 1.66 bits per heavy atom. The zero-order chi connectivity index (χ0) is 22.4. The lowest BCUT2D eigenvalue weighted by Crippen LogP contribution is -2.29. The van der Waals surface area contributed by atoms with E-state index in [1.54, 1.807) is 12.1 Å². The molecule has 2 aromatic heterocycles. The number of aliphatic hydroxyl groups is 1.